The number of halogens is 3. The fraction of sp³-hybridized carbons (Fsp3) is 0.250. The highest BCUT2D eigenvalue weighted by molar-refractivity contribution is 7.10. The Balaban J connectivity index is 1.90. The highest BCUT2D eigenvalue weighted by atomic mass is 32.1. The van der Waals surface area contributed by atoms with Crippen LogP contribution in [0.3, 0.4) is 0 Å². The van der Waals surface area contributed by atoms with Crippen LogP contribution >= 0.6 is 11.3 Å². The van der Waals surface area contributed by atoms with E-state index < -0.39 is 30.2 Å². The molecule has 4 nitrogen and oxygen atoms in total. The summed E-state index contributed by atoms with van der Waals surface area (Å²) in [6, 6.07) is 7.30. The van der Waals surface area contributed by atoms with Crippen molar-refractivity contribution < 1.29 is 27.5 Å². The molecule has 1 aromatic heterocycles. The van der Waals surface area contributed by atoms with Gasteiger partial charge in [-0.25, -0.2) is 4.79 Å². The van der Waals surface area contributed by atoms with Crippen molar-refractivity contribution in [2.24, 2.45) is 0 Å². The molecule has 0 saturated carbocycles. The number of amides is 1. The van der Waals surface area contributed by atoms with Gasteiger partial charge in [0.2, 0.25) is 0 Å². The van der Waals surface area contributed by atoms with Crippen LogP contribution in [0.25, 0.3) is 0 Å². The van der Waals surface area contributed by atoms with Crippen LogP contribution in [0.5, 0.6) is 0 Å². The first-order valence-corrected chi connectivity index (χ1v) is 7.82. The second-order valence-electron chi connectivity index (χ2n) is 4.96. The Morgan fingerprint density at radius 3 is 2.62 bits per heavy atom. The molecule has 2 rings (SSSR count). The summed E-state index contributed by atoms with van der Waals surface area (Å²) < 4.78 is 42.6. The molecule has 2 aromatic rings. The normalized spacial score (nSPS) is 12.5. The van der Waals surface area contributed by atoms with Crippen molar-refractivity contribution in [2.45, 2.75) is 19.1 Å². The number of carbonyl (C=O) groups excluding carboxylic acids is 2. The first kappa shape index (κ1) is 18.0. The van der Waals surface area contributed by atoms with Crippen LogP contribution < -0.4 is 5.32 Å². The standard InChI is InChI=1S/C16H14F3NO3S/c1-10(13-6-3-7-24-13)20-14(21)9-23-15(22)11-4-2-5-12(8-11)16(17,18)19/h2-8,10H,9H2,1H3,(H,20,21)/t10-/m0/s1. The SMILES string of the molecule is C[C@H](NC(=O)COC(=O)c1cccc(C(F)(F)F)c1)c1cccs1. The Morgan fingerprint density at radius 1 is 1.25 bits per heavy atom. The van der Waals surface area contributed by atoms with Crippen LogP contribution in [0.15, 0.2) is 41.8 Å². The summed E-state index contributed by atoms with van der Waals surface area (Å²) in [4.78, 5) is 24.5. The van der Waals surface area contributed by atoms with Crippen LogP contribution in [-0.4, -0.2) is 18.5 Å². The fourth-order valence-corrected chi connectivity index (χ4v) is 2.66. The average Bonchev–Trinajstić information content (AvgIpc) is 3.06. The average molecular weight is 357 g/mol. The summed E-state index contributed by atoms with van der Waals surface area (Å²) >= 11 is 1.47. The van der Waals surface area contributed by atoms with Gasteiger partial charge in [0.25, 0.3) is 5.91 Å². The van der Waals surface area contributed by atoms with E-state index in [0.717, 1.165) is 17.0 Å². The molecule has 0 bridgehead atoms. The van der Waals surface area contributed by atoms with Gasteiger partial charge >= 0.3 is 12.1 Å². The first-order chi connectivity index (χ1) is 11.3. The molecule has 8 heteroatoms. The lowest BCUT2D eigenvalue weighted by Gasteiger charge is -2.12. The minimum Gasteiger partial charge on any atom is -0.452 e. The number of benzene rings is 1. The number of ether oxygens (including phenoxy) is 1. The van der Waals surface area contributed by atoms with Gasteiger partial charge in [0, 0.05) is 4.88 Å². The molecule has 0 saturated heterocycles. The van der Waals surface area contributed by atoms with Gasteiger partial charge in [0.05, 0.1) is 17.2 Å². The third kappa shape index (κ3) is 4.82. The van der Waals surface area contributed by atoms with Crippen LogP contribution in [0.4, 0.5) is 13.2 Å². The Morgan fingerprint density at radius 2 is 2.00 bits per heavy atom. The largest absolute Gasteiger partial charge is 0.452 e. The lowest BCUT2D eigenvalue weighted by Crippen LogP contribution is -2.30. The van der Waals surface area contributed by atoms with E-state index in [0.29, 0.717) is 6.07 Å². The Labute approximate surface area is 140 Å². The molecule has 0 aliphatic carbocycles. The highest BCUT2D eigenvalue weighted by Gasteiger charge is 2.31. The molecule has 0 unspecified atom stereocenters. The van der Waals surface area contributed by atoms with Gasteiger partial charge in [-0.05, 0) is 36.6 Å². The van der Waals surface area contributed by atoms with Gasteiger partial charge in [0.1, 0.15) is 0 Å². The monoisotopic (exact) mass is 357 g/mol. The van der Waals surface area contributed by atoms with E-state index in [1.54, 1.807) is 6.92 Å². The summed E-state index contributed by atoms with van der Waals surface area (Å²) in [5.74, 6) is -1.52. The Hall–Kier alpha value is -2.35. The summed E-state index contributed by atoms with van der Waals surface area (Å²) in [5, 5.41) is 4.51. The lowest BCUT2D eigenvalue weighted by atomic mass is 10.1. The van der Waals surface area contributed by atoms with Gasteiger partial charge in [-0.2, -0.15) is 13.2 Å². The van der Waals surface area contributed by atoms with E-state index in [4.69, 9.17) is 4.74 Å². The third-order valence-electron chi connectivity index (χ3n) is 3.11. The summed E-state index contributed by atoms with van der Waals surface area (Å²) in [6.07, 6.45) is -4.55. The fourth-order valence-electron chi connectivity index (χ4n) is 1.93. The van der Waals surface area contributed by atoms with Crippen molar-refractivity contribution >= 4 is 23.2 Å². The second kappa shape index (κ2) is 7.48. The lowest BCUT2D eigenvalue weighted by molar-refractivity contribution is -0.137. The zero-order valence-corrected chi connectivity index (χ0v) is 13.4. The maximum absolute atomic E-state index is 12.6. The topological polar surface area (TPSA) is 55.4 Å². The van der Waals surface area contributed by atoms with E-state index in [2.05, 4.69) is 5.32 Å². The Bertz CT molecular complexity index is 714. The van der Waals surface area contributed by atoms with Crippen molar-refractivity contribution in [2.75, 3.05) is 6.61 Å². The van der Waals surface area contributed by atoms with Crippen LogP contribution in [0.1, 0.15) is 33.8 Å². The quantitative estimate of drug-likeness (QED) is 0.828. The number of nitrogens with one attached hydrogen (secondary N) is 1. The van der Waals surface area contributed by atoms with E-state index in [1.807, 2.05) is 17.5 Å². The van der Waals surface area contributed by atoms with Crippen molar-refractivity contribution in [3.63, 3.8) is 0 Å². The zero-order valence-electron chi connectivity index (χ0n) is 12.6. The predicted molar refractivity (Wildman–Crippen MR) is 82.6 cm³/mol. The number of thiophene rings is 1. The zero-order chi connectivity index (χ0) is 17.7. The third-order valence-corrected chi connectivity index (χ3v) is 4.16. The predicted octanol–water partition coefficient (Wildman–Crippen LogP) is 3.80. The smallest absolute Gasteiger partial charge is 0.416 e. The van der Waals surface area contributed by atoms with Crippen molar-refractivity contribution in [1.82, 2.24) is 5.32 Å². The van der Waals surface area contributed by atoms with Crippen LogP contribution in [0, 0.1) is 0 Å². The maximum atomic E-state index is 12.6. The first-order valence-electron chi connectivity index (χ1n) is 6.94. The second-order valence-corrected chi connectivity index (χ2v) is 5.94. The molecule has 1 N–H and O–H groups in total. The molecule has 1 heterocycles. The summed E-state index contributed by atoms with van der Waals surface area (Å²) in [5.41, 5.74) is -1.21. The molecule has 0 spiro atoms. The van der Waals surface area contributed by atoms with Gasteiger partial charge in [0.15, 0.2) is 6.61 Å². The molecule has 24 heavy (non-hydrogen) atoms. The van der Waals surface area contributed by atoms with Crippen molar-refractivity contribution in [1.29, 1.82) is 0 Å². The summed E-state index contributed by atoms with van der Waals surface area (Å²) in [7, 11) is 0. The minimum atomic E-state index is -4.55. The van der Waals surface area contributed by atoms with Gasteiger partial charge in [-0.1, -0.05) is 12.1 Å². The molecule has 0 fully saturated rings. The highest BCUT2D eigenvalue weighted by Crippen LogP contribution is 2.29. The van der Waals surface area contributed by atoms with E-state index in [9.17, 15) is 22.8 Å². The van der Waals surface area contributed by atoms with E-state index >= 15 is 0 Å². The molecule has 1 amide bonds. The number of esters is 1. The van der Waals surface area contributed by atoms with Crippen LogP contribution in [0.2, 0.25) is 0 Å². The maximum Gasteiger partial charge on any atom is 0.416 e. The Kier molecular flexibility index (Phi) is 5.61. The summed E-state index contributed by atoms with van der Waals surface area (Å²) in [6.45, 7) is 1.21. The molecule has 0 radical (unpaired) electrons. The molecule has 1 atom stereocenters. The number of alkyl halides is 3. The minimum absolute atomic E-state index is 0.246. The number of rotatable bonds is 5. The van der Waals surface area contributed by atoms with E-state index in [1.165, 1.54) is 17.4 Å². The number of hydrogen-bond acceptors (Lipinski definition) is 4. The molecular weight excluding hydrogens is 343 g/mol. The van der Waals surface area contributed by atoms with E-state index in [-0.39, 0.29) is 11.6 Å². The van der Waals surface area contributed by atoms with Crippen molar-refractivity contribution in [3.05, 3.63) is 57.8 Å². The molecular formula is C16H14F3NO3S. The molecule has 0 aliphatic heterocycles. The molecule has 0 aliphatic rings. The van der Waals surface area contributed by atoms with Gasteiger partial charge in [-0.3, -0.25) is 4.79 Å². The van der Waals surface area contributed by atoms with Crippen LogP contribution in [-0.2, 0) is 15.7 Å². The van der Waals surface area contributed by atoms with Crippen molar-refractivity contribution in [3.8, 4) is 0 Å². The van der Waals surface area contributed by atoms with Gasteiger partial charge < -0.3 is 10.1 Å². The van der Waals surface area contributed by atoms with Gasteiger partial charge in [-0.15, -0.1) is 11.3 Å². The molecule has 1 aromatic carbocycles. The molecule has 128 valence electrons. The number of hydrogen-bond donors (Lipinski definition) is 1. The number of carbonyl (C=O) groups is 2.